The second-order valence-corrected chi connectivity index (χ2v) is 8.63. The number of amides is 1. The Morgan fingerprint density at radius 2 is 1.72 bits per heavy atom. The van der Waals surface area contributed by atoms with Crippen LogP contribution in [0.3, 0.4) is 0 Å². The summed E-state index contributed by atoms with van der Waals surface area (Å²) in [6, 6.07) is 15.4. The van der Waals surface area contributed by atoms with Gasteiger partial charge in [0.25, 0.3) is 5.56 Å². The second kappa shape index (κ2) is 11.0. The zero-order valence-electron chi connectivity index (χ0n) is 19.7. The summed E-state index contributed by atoms with van der Waals surface area (Å²) in [6.45, 7) is 1.26. The van der Waals surface area contributed by atoms with Gasteiger partial charge in [-0.1, -0.05) is 48.5 Å². The van der Waals surface area contributed by atoms with Crippen molar-refractivity contribution in [2.24, 2.45) is 0 Å². The lowest BCUT2D eigenvalue weighted by atomic mass is 9.98. The average molecular weight is 494 g/mol. The van der Waals surface area contributed by atoms with Gasteiger partial charge in [-0.25, -0.2) is 14.4 Å². The predicted molar refractivity (Wildman–Crippen MR) is 131 cm³/mol. The number of aromatic nitrogens is 2. The molecule has 3 aromatic rings. The first kappa shape index (κ1) is 24.9. The summed E-state index contributed by atoms with van der Waals surface area (Å²) in [5.41, 5.74) is 3.73. The van der Waals surface area contributed by atoms with Gasteiger partial charge >= 0.3 is 17.8 Å². The minimum Gasteiger partial charge on any atom is -0.480 e. The number of hydrogen-bond acceptors (Lipinski definition) is 6. The molecule has 1 aromatic heterocycles. The number of nitrogens with zero attached hydrogens (tertiary/aromatic N) is 1. The molecule has 1 heterocycles. The smallest absolute Gasteiger partial charge is 0.407 e. The van der Waals surface area contributed by atoms with E-state index >= 15 is 0 Å². The summed E-state index contributed by atoms with van der Waals surface area (Å²) in [7, 11) is 0. The maximum absolute atomic E-state index is 12.7. The van der Waals surface area contributed by atoms with Gasteiger partial charge < -0.3 is 24.5 Å². The van der Waals surface area contributed by atoms with Crippen LogP contribution in [-0.4, -0.2) is 52.6 Å². The Kier molecular flexibility index (Phi) is 7.65. The Hall–Kier alpha value is -4.18. The molecule has 36 heavy (non-hydrogen) atoms. The Morgan fingerprint density at radius 1 is 1.08 bits per heavy atom. The Morgan fingerprint density at radius 3 is 2.36 bits per heavy atom. The van der Waals surface area contributed by atoms with Crippen molar-refractivity contribution in [3.8, 4) is 11.1 Å². The first-order valence-corrected chi connectivity index (χ1v) is 11.5. The van der Waals surface area contributed by atoms with Gasteiger partial charge in [0.05, 0.1) is 12.6 Å². The standard InChI is InChI=1S/C26H27N3O7/c1-16-12-29(25(33)28-24(16)32)11-10-17(13-35-15-23(30)31)27-26(34)36-14-22-20-8-4-2-6-18(20)19-7-3-5-9-21(19)22/h2-9,12,17,22H,10-11,13-15H2,1H3,(H,27,34)(H,30,31)(H,28,32,33)/t17-/m0/s1. The summed E-state index contributed by atoms with van der Waals surface area (Å²) >= 11 is 0. The van der Waals surface area contributed by atoms with Crippen molar-refractivity contribution in [2.75, 3.05) is 19.8 Å². The first-order valence-electron chi connectivity index (χ1n) is 11.5. The second-order valence-electron chi connectivity index (χ2n) is 8.63. The number of hydrogen-bond donors (Lipinski definition) is 3. The molecule has 188 valence electrons. The molecule has 3 N–H and O–H groups in total. The lowest BCUT2D eigenvalue weighted by molar-refractivity contribution is -0.142. The highest BCUT2D eigenvalue weighted by Gasteiger charge is 2.29. The topological polar surface area (TPSA) is 140 Å². The molecule has 4 rings (SSSR count). The number of fused-ring (bicyclic) bond motifs is 3. The molecule has 1 atom stereocenters. The van der Waals surface area contributed by atoms with Gasteiger partial charge in [0.1, 0.15) is 13.2 Å². The molecule has 0 bridgehead atoms. The van der Waals surface area contributed by atoms with Crippen molar-refractivity contribution in [3.63, 3.8) is 0 Å². The van der Waals surface area contributed by atoms with Crippen LogP contribution in [0.1, 0.15) is 29.0 Å². The lowest BCUT2D eigenvalue weighted by Gasteiger charge is -2.20. The Balaban J connectivity index is 1.41. The average Bonchev–Trinajstić information content (AvgIpc) is 3.17. The molecule has 0 saturated carbocycles. The molecule has 0 saturated heterocycles. The molecule has 0 unspecified atom stereocenters. The molecule has 10 heteroatoms. The van der Waals surface area contributed by atoms with E-state index in [9.17, 15) is 19.2 Å². The minimum absolute atomic E-state index is 0.0897. The van der Waals surface area contributed by atoms with E-state index in [0.717, 1.165) is 22.3 Å². The van der Waals surface area contributed by atoms with Crippen LogP contribution in [0, 0.1) is 6.92 Å². The van der Waals surface area contributed by atoms with E-state index in [4.69, 9.17) is 14.6 Å². The minimum atomic E-state index is -1.14. The van der Waals surface area contributed by atoms with Gasteiger partial charge in [-0.3, -0.25) is 9.78 Å². The summed E-state index contributed by atoms with van der Waals surface area (Å²) in [6.07, 6.45) is 1.00. The largest absolute Gasteiger partial charge is 0.480 e. The highest BCUT2D eigenvalue weighted by molar-refractivity contribution is 5.79. The van der Waals surface area contributed by atoms with Gasteiger partial charge in [-0.05, 0) is 35.6 Å². The van der Waals surface area contributed by atoms with Gasteiger partial charge in [0.15, 0.2) is 0 Å². The Bertz CT molecular complexity index is 1330. The molecule has 2 aromatic carbocycles. The van der Waals surface area contributed by atoms with Gasteiger partial charge in [0.2, 0.25) is 0 Å². The van der Waals surface area contributed by atoms with E-state index < -0.39 is 36.0 Å². The third kappa shape index (κ3) is 5.72. The fourth-order valence-electron chi connectivity index (χ4n) is 4.37. The van der Waals surface area contributed by atoms with Gasteiger partial charge in [-0.15, -0.1) is 0 Å². The Labute approximate surface area is 206 Å². The van der Waals surface area contributed by atoms with E-state index in [2.05, 4.69) is 10.3 Å². The van der Waals surface area contributed by atoms with E-state index in [-0.39, 0.29) is 32.1 Å². The first-order chi connectivity index (χ1) is 17.3. The van der Waals surface area contributed by atoms with Crippen molar-refractivity contribution in [1.29, 1.82) is 0 Å². The molecular weight excluding hydrogens is 466 g/mol. The van der Waals surface area contributed by atoms with Gasteiger partial charge in [0, 0.05) is 24.2 Å². The van der Waals surface area contributed by atoms with Crippen LogP contribution < -0.4 is 16.6 Å². The van der Waals surface area contributed by atoms with Crippen LogP contribution in [0.15, 0.2) is 64.3 Å². The summed E-state index contributed by atoms with van der Waals surface area (Å²) in [5.74, 6) is -1.24. The van der Waals surface area contributed by atoms with Crippen LogP contribution >= 0.6 is 0 Å². The number of carboxylic acids is 1. The maximum atomic E-state index is 12.7. The zero-order chi connectivity index (χ0) is 25.7. The number of aromatic amines is 1. The van der Waals surface area contributed by atoms with Crippen LogP contribution in [0.2, 0.25) is 0 Å². The number of carbonyl (C=O) groups excluding carboxylic acids is 1. The molecule has 10 nitrogen and oxygen atoms in total. The quantitative estimate of drug-likeness (QED) is 0.394. The highest BCUT2D eigenvalue weighted by atomic mass is 16.5. The summed E-state index contributed by atoms with van der Waals surface area (Å²) in [5, 5.41) is 11.6. The van der Waals surface area contributed by atoms with Crippen LogP contribution in [0.4, 0.5) is 4.79 Å². The predicted octanol–water partition coefficient (Wildman–Crippen LogP) is 2.24. The van der Waals surface area contributed by atoms with E-state index in [1.54, 1.807) is 6.92 Å². The summed E-state index contributed by atoms with van der Waals surface area (Å²) in [4.78, 5) is 49.4. The van der Waals surface area contributed by atoms with Gasteiger partial charge in [-0.2, -0.15) is 0 Å². The number of carboxylic acid groups (broad SMARTS) is 1. The number of alkyl carbamates (subject to hydrolysis) is 1. The number of carbonyl (C=O) groups is 2. The van der Waals surface area contributed by atoms with Crippen molar-refractivity contribution >= 4 is 12.1 Å². The number of aryl methyl sites for hydroxylation is 2. The summed E-state index contributed by atoms with van der Waals surface area (Å²) < 4.78 is 12.1. The number of benzene rings is 2. The van der Waals surface area contributed by atoms with Crippen molar-refractivity contribution < 1.29 is 24.2 Å². The normalized spacial score (nSPS) is 13.0. The SMILES string of the molecule is Cc1cn(CC[C@@H](COCC(=O)O)NC(=O)OCC2c3ccccc3-c3ccccc32)c(=O)[nH]c1=O. The fraction of sp³-hybridized carbons (Fsp3) is 0.308. The molecule has 1 amide bonds. The lowest BCUT2D eigenvalue weighted by Crippen LogP contribution is -2.41. The van der Waals surface area contributed by atoms with Crippen molar-refractivity contribution in [2.45, 2.75) is 31.8 Å². The van der Waals surface area contributed by atoms with Crippen LogP contribution in [-0.2, 0) is 20.8 Å². The molecule has 0 radical (unpaired) electrons. The third-order valence-corrected chi connectivity index (χ3v) is 6.12. The fourth-order valence-corrected chi connectivity index (χ4v) is 4.37. The van der Waals surface area contributed by atoms with E-state index in [0.29, 0.717) is 5.56 Å². The molecule has 0 spiro atoms. The maximum Gasteiger partial charge on any atom is 0.407 e. The monoisotopic (exact) mass is 493 g/mol. The van der Waals surface area contributed by atoms with Crippen molar-refractivity contribution in [3.05, 3.63) is 92.3 Å². The number of ether oxygens (including phenoxy) is 2. The van der Waals surface area contributed by atoms with Crippen molar-refractivity contribution in [1.82, 2.24) is 14.9 Å². The number of rotatable bonds is 10. The molecule has 1 aliphatic carbocycles. The van der Waals surface area contributed by atoms with Crippen LogP contribution in [0.5, 0.6) is 0 Å². The number of nitrogens with one attached hydrogen (secondary N) is 2. The van der Waals surface area contributed by atoms with E-state index in [1.165, 1.54) is 10.8 Å². The van der Waals surface area contributed by atoms with E-state index in [1.807, 2.05) is 48.5 Å². The molecule has 0 aliphatic heterocycles. The molecule has 0 fully saturated rings. The number of aliphatic carboxylic acids is 1. The third-order valence-electron chi connectivity index (χ3n) is 6.12. The highest BCUT2D eigenvalue weighted by Crippen LogP contribution is 2.44. The van der Waals surface area contributed by atoms with Crippen LogP contribution in [0.25, 0.3) is 11.1 Å². The molecule has 1 aliphatic rings. The molecular formula is C26H27N3O7. The number of H-pyrrole nitrogens is 1. The zero-order valence-corrected chi connectivity index (χ0v) is 19.7.